The maximum absolute atomic E-state index is 11.8. The summed E-state index contributed by atoms with van der Waals surface area (Å²) in [5.41, 5.74) is 6.09. The first kappa shape index (κ1) is 10.7. The molecule has 1 aromatic carbocycles. The SMILES string of the molecule is NC1CCOc2cc(Cl)c(Cl)cc2C1=O. The minimum Gasteiger partial charge on any atom is -0.493 e. The maximum atomic E-state index is 11.8. The zero-order valence-corrected chi connectivity index (χ0v) is 9.31. The van der Waals surface area contributed by atoms with Gasteiger partial charge in [-0.1, -0.05) is 23.2 Å². The van der Waals surface area contributed by atoms with Crippen LogP contribution < -0.4 is 10.5 Å². The molecular formula is C10H9Cl2NO2. The number of rotatable bonds is 0. The van der Waals surface area contributed by atoms with Gasteiger partial charge in [0.25, 0.3) is 0 Å². The molecule has 0 saturated carbocycles. The molecule has 0 bridgehead atoms. The first-order valence-corrected chi connectivity index (χ1v) is 5.27. The van der Waals surface area contributed by atoms with Crippen molar-refractivity contribution >= 4 is 29.0 Å². The van der Waals surface area contributed by atoms with Crippen molar-refractivity contribution in [3.63, 3.8) is 0 Å². The van der Waals surface area contributed by atoms with Gasteiger partial charge in [0.2, 0.25) is 0 Å². The van der Waals surface area contributed by atoms with Gasteiger partial charge in [0, 0.05) is 12.5 Å². The zero-order valence-electron chi connectivity index (χ0n) is 7.80. The third kappa shape index (κ3) is 1.95. The minimum atomic E-state index is -0.525. The van der Waals surface area contributed by atoms with Crippen molar-refractivity contribution < 1.29 is 9.53 Å². The Morgan fingerprint density at radius 3 is 2.73 bits per heavy atom. The van der Waals surface area contributed by atoms with Crippen molar-refractivity contribution in [2.75, 3.05) is 6.61 Å². The summed E-state index contributed by atoms with van der Waals surface area (Å²) in [6.07, 6.45) is 0.503. The predicted molar refractivity (Wildman–Crippen MR) is 58.9 cm³/mol. The van der Waals surface area contributed by atoms with Crippen LogP contribution in [0.5, 0.6) is 5.75 Å². The van der Waals surface area contributed by atoms with Gasteiger partial charge in [0.1, 0.15) is 5.75 Å². The third-order valence-electron chi connectivity index (χ3n) is 2.31. The summed E-state index contributed by atoms with van der Waals surface area (Å²) >= 11 is 11.7. The van der Waals surface area contributed by atoms with Gasteiger partial charge in [0.15, 0.2) is 5.78 Å². The number of benzene rings is 1. The molecule has 1 unspecified atom stereocenters. The molecule has 1 atom stereocenters. The Bertz CT molecular complexity index is 420. The number of carbonyl (C=O) groups excluding carboxylic acids is 1. The molecule has 0 amide bonds. The normalized spacial score (nSPS) is 20.5. The summed E-state index contributed by atoms with van der Waals surface area (Å²) in [5.74, 6) is 0.309. The Morgan fingerprint density at radius 1 is 1.33 bits per heavy atom. The van der Waals surface area contributed by atoms with Crippen LogP contribution in [0.15, 0.2) is 12.1 Å². The van der Waals surface area contributed by atoms with Crippen LogP contribution in [0.2, 0.25) is 10.0 Å². The fraction of sp³-hybridized carbons (Fsp3) is 0.300. The van der Waals surface area contributed by atoms with E-state index in [4.69, 9.17) is 33.7 Å². The van der Waals surface area contributed by atoms with Gasteiger partial charge >= 0.3 is 0 Å². The molecule has 1 aliphatic heterocycles. The van der Waals surface area contributed by atoms with Crippen molar-refractivity contribution in [1.29, 1.82) is 0 Å². The predicted octanol–water partition coefficient (Wildman–Crippen LogP) is 2.29. The van der Waals surface area contributed by atoms with Crippen molar-refractivity contribution in [3.05, 3.63) is 27.7 Å². The van der Waals surface area contributed by atoms with E-state index >= 15 is 0 Å². The molecule has 2 N–H and O–H groups in total. The van der Waals surface area contributed by atoms with Gasteiger partial charge in [-0.15, -0.1) is 0 Å². The Kier molecular flexibility index (Phi) is 2.87. The first-order valence-electron chi connectivity index (χ1n) is 4.51. The molecular weight excluding hydrogens is 237 g/mol. The van der Waals surface area contributed by atoms with Gasteiger partial charge in [0.05, 0.1) is 28.3 Å². The molecule has 0 saturated heterocycles. The molecule has 3 nitrogen and oxygen atoms in total. The van der Waals surface area contributed by atoms with E-state index in [1.165, 1.54) is 6.07 Å². The topological polar surface area (TPSA) is 52.3 Å². The van der Waals surface area contributed by atoms with Gasteiger partial charge < -0.3 is 10.5 Å². The van der Waals surface area contributed by atoms with E-state index in [1.807, 2.05) is 0 Å². The molecule has 0 aliphatic carbocycles. The van der Waals surface area contributed by atoms with Crippen LogP contribution in [0.1, 0.15) is 16.8 Å². The van der Waals surface area contributed by atoms with Crippen molar-refractivity contribution in [3.8, 4) is 5.75 Å². The van der Waals surface area contributed by atoms with Crippen LogP contribution in [0.25, 0.3) is 0 Å². The fourth-order valence-corrected chi connectivity index (χ4v) is 1.78. The highest BCUT2D eigenvalue weighted by atomic mass is 35.5. The number of fused-ring (bicyclic) bond motifs is 1. The second-order valence-electron chi connectivity index (χ2n) is 3.37. The van der Waals surface area contributed by atoms with E-state index in [1.54, 1.807) is 6.07 Å². The van der Waals surface area contributed by atoms with E-state index in [2.05, 4.69) is 0 Å². The molecule has 0 spiro atoms. The molecule has 80 valence electrons. The number of nitrogens with two attached hydrogens (primary N) is 1. The number of carbonyl (C=O) groups is 1. The summed E-state index contributed by atoms with van der Waals surface area (Å²) in [6.45, 7) is 0.415. The highest BCUT2D eigenvalue weighted by molar-refractivity contribution is 6.42. The van der Waals surface area contributed by atoms with Crippen molar-refractivity contribution in [2.24, 2.45) is 5.73 Å². The molecule has 0 fully saturated rings. The van der Waals surface area contributed by atoms with E-state index in [-0.39, 0.29) is 5.78 Å². The van der Waals surface area contributed by atoms with Crippen LogP contribution in [-0.4, -0.2) is 18.4 Å². The monoisotopic (exact) mass is 245 g/mol. The van der Waals surface area contributed by atoms with E-state index in [9.17, 15) is 4.79 Å². The number of ketones is 1. The quantitative estimate of drug-likeness (QED) is 0.764. The Hall–Kier alpha value is -0.770. The van der Waals surface area contributed by atoms with E-state index in [0.717, 1.165) is 0 Å². The second kappa shape index (κ2) is 4.00. The third-order valence-corrected chi connectivity index (χ3v) is 3.03. The molecule has 5 heteroatoms. The molecule has 0 radical (unpaired) electrons. The van der Waals surface area contributed by atoms with E-state index in [0.29, 0.717) is 34.4 Å². The summed E-state index contributed by atoms with van der Waals surface area (Å²) in [4.78, 5) is 11.8. The second-order valence-corrected chi connectivity index (χ2v) is 4.18. The highest BCUT2D eigenvalue weighted by Crippen LogP contribution is 2.32. The van der Waals surface area contributed by atoms with Crippen LogP contribution in [0.4, 0.5) is 0 Å². The lowest BCUT2D eigenvalue weighted by atomic mass is 10.0. The Labute approximate surface area is 97.1 Å². The maximum Gasteiger partial charge on any atom is 0.183 e. The first-order chi connectivity index (χ1) is 7.09. The average molecular weight is 246 g/mol. The summed E-state index contributed by atoms with van der Waals surface area (Å²) in [5, 5.41) is 0.708. The Morgan fingerprint density at radius 2 is 2.00 bits per heavy atom. The van der Waals surface area contributed by atoms with Crippen LogP contribution in [0, 0.1) is 0 Å². The van der Waals surface area contributed by atoms with Gasteiger partial charge in [-0.2, -0.15) is 0 Å². The lowest BCUT2D eigenvalue weighted by molar-refractivity contribution is 0.0960. The summed E-state index contributed by atoms with van der Waals surface area (Å²) < 4.78 is 5.38. The number of Topliss-reactive ketones (excluding diaryl/α,β-unsaturated/α-hetero) is 1. The van der Waals surface area contributed by atoms with Gasteiger partial charge in [-0.05, 0) is 6.07 Å². The number of halogens is 2. The van der Waals surface area contributed by atoms with Crippen LogP contribution in [0.3, 0.4) is 0 Å². The lowest BCUT2D eigenvalue weighted by Gasteiger charge is -2.07. The largest absolute Gasteiger partial charge is 0.493 e. The average Bonchev–Trinajstić information content (AvgIpc) is 2.32. The minimum absolute atomic E-state index is 0.152. The standard InChI is InChI=1S/C10H9Cl2NO2/c11-6-3-5-9(4-7(6)12)15-2-1-8(13)10(5)14/h3-4,8H,1-2,13H2. The lowest BCUT2D eigenvalue weighted by Crippen LogP contribution is -2.30. The highest BCUT2D eigenvalue weighted by Gasteiger charge is 2.24. The molecule has 15 heavy (non-hydrogen) atoms. The van der Waals surface area contributed by atoms with E-state index < -0.39 is 6.04 Å². The number of hydrogen-bond acceptors (Lipinski definition) is 3. The molecule has 0 aromatic heterocycles. The smallest absolute Gasteiger partial charge is 0.183 e. The molecule has 2 rings (SSSR count). The molecule has 1 aliphatic rings. The molecule has 1 heterocycles. The number of hydrogen-bond donors (Lipinski definition) is 1. The summed E-state index contributed by atoms with van der Waals surface area (Å²) in [6, 6.07) is 2.53. The summed E-state index contributed by atoms with van der Waals surface area (Å²) in [7, 11) is 0. The van der Waals surface area contributed by atoms with Crippen molar-refractivity contribution in [1.82, 2.24) is 0 Å². The van der Waals surface area contributed by atoms with Crippen LogP contribution in [-0.2, 0) is 0 Å². The van der Waals surface area contributed by atoms with Crippen molar-refractivity contribution in [2.45, 2.75) is 12.5 Å². The number of ether oxygens (including phenoxy) is 1. The zero-order chi connectivity index (χ0) is 11.0. The van der Waals surface area contributed by atoms with Gasteiger partial charge in [-0.25, -0.2) is 0 Å². The fourth-order valence-electron chi connectivity index (χ4n) is 1.47. The molecule has 1 aromatic rings. The van der Waals surface area contributed by atoms with Gasteiger partial charge in [-0.3, -0.25) is 4.79 Å². The van der Waals surface area contributed by atoms with Crippen LogP contribution >= 0.6 is 23.2 Å². The Balaban J connectivity index is 2.54.